The molecule has 0 bridgehead atoms. The molecule has 0 aliphatic heterocycles. The molecule has 1 heterocycles. The van der Waals surface area contributed by atoms with Crippen molar-refractivity contribution in [1.82, 2.24) is 9.55 Å². The fourth-order valence-electron chi connectivity index (χ4n) is 1.02. The molecule has 0 saturated heterocycles. The van der Waals surface area contributed by atoms with Crippen molar-refractivity contribution in [1.29, 1.82) is 0 Å². The molecule has 6 heteroatoms. The summed E-state index contributed by atoms with van der Waals surface area (Å²) in [7, 11) is 0. The van der Waals surface area contributed by atoms with Crippen LogP contribution >= 0.6 is 0 Å². The van der Waals surface area contributed by atoms with E-state index >= 15 is 0 Å². The number of hydrogen-bond donors (Lipinski definition) is 2. The second kappa shape index (κ2) is 4.19. The minimum Gasteiger partial charge on any atom is -0.389 e. The Morgan fingerprint density at radius 2 is 2.43 bits per heavy atom. The van der Waals surface area contributed by atoms with Crippen LogP contribution in [0.5, 0.6) is 0 Å². The Hall–Kier alpha value is -1.43. The maximum Gasteiger partial charge on any atom is 0.349 e. The van der Waals surface area contributed by atoms with Crippen LogP contribution in [-0.4, -0.2) is 27.4 Å². The lowest BCUT2D eigenvalue weighted by Gasteiger charge is -2.09. The lowest BCUT2D eigenvalue weighted by Crippen LogP contribution is -2.30. The lowest BCUT2D eigenvalue weighted by atomic mass is 10.3. The highest BCUT2D eigenvalue weighted by molar-refractivity contribution is 5.34. The standard InChI is InChI=1S/C8H12FN3O2/c1-5-3-12(4-6(13)2-9)8(14)11-7(5)10/h3,6,13H,2,4H2,1H3,(H2,10,11,14). The Bertz CT molecular complexity index is 377. The number of rotatable bonds is 3. The fraction of sp³-hybridized carbons (Fsp3) is 0.500. The average Bonchev–Trinajstić information content (AvgIpc) is 2.14. The summed E-state index contributed by atoms with van der Waals surface area (Å²) < 4.78 is 13.1. The second-order valence-corrected chi connectivity index (χ2v) is 3.05. The Morgan fingerprint density at radius 1 is 1.79 bits per heavy atom. The summed E-state index contributed by atoms with van der Waals surface area (Å²) in [5, 5.41) is 9.00. The van der Waals surface area contributed by atoms with Crippen molar-refractivity contribution in [2.75, 3.05) is 12.4 Å². The molecular weight excluding hydrogens is 189 g/mol. The number of aromatic nitrogens is 2. The van der Waals surface area contributed by atoms with E-state index < -0.39 is 18.5 Å². The van der Waals surface area contributed by atoms with Gasteiger partial charge in [0.05, 0.1) is 6.54 Å². The van der Waals surface area contributed by atoms with Crippen molar-refractivity contribution in [2.24, 2.45) is 0 Å². The number of nitrogens with two attached hydrogens (primary N) is 1. The summed E-state index contributed by atoms with van der Waals surface area (Å²) in [5.41, 5.74) is 5.43. The van der Waals surface area contributed by atoms with Crippen LogP contribution in [-0.2, 0) is 6.54 Å². The van der Waals surface area contributed by atoms with Crippen LogP contribution in [0.15, 0.2) is 11.0 Å². The summed E-state index contributed by atoms with van der Waals surface area (Å²) in [5.74, 6) is 0.154. The number of hydrogen-bond acceptors (Lipinski definition) is 4. The van der Waals surface area contributed by atoms with Crippen molar-refractivity contribution >= 4 is 5.82 Å². The number of aliphatic hydroxyl groups excluding tert-OH is 1. The molecule has 1 atom stereocenters. The van der Waals surface area contributed by atoms with Gasteiger partial charge >= 0.3 is 5.69 Å². The van der Waals surface area contributed by atoms with Gasteiger partial charge in [0, 0.05) is 11.8 Å². The van der Waals surface area contributed by atoms with Crippen molar-refractivity contribution in [3.05, 3.63) is 22.2 Å². The smallest absolute Gasteiger partial charge is 0.349 e. The zero-order valence-electron chi connectivity index (χ0n) is 7.77. The van der Waals surface area contributed by atoms with Crippen molar-refractivity contribution < 1.29 is 9.50 Å². The monoisotopic (exact) mass is 201 g/mol. The van der Waals surface area contributed by atoms with Gasteiger partial charge in [-0.3, -0.25) is 4.57 Å². The van der Waals surface area contributed by atoms with E-state index in [2.05, 4.69) is 4.98 Å². The minimum atomic E-state index is -1.18. The van der Waals surface area contributed by atoms with Crippen LogP contribution in [0.2, 0.25) is 0 Å². The van der Waals surface area contributed by atoms with Gasteiger partial charge in [-0.05, 0) is 6.92 Å². The van der Waals surface area contributed by atoms with E-state index in [1.165, 1.54) is 6.20 Å². The molecule has 0 aliphatic carbocycles. The van der Waals surface area contributed by atoms with E-state index in [0.717, 1.165) is 4.57 Å². The third kappa shape index (κ3) is 2.29. The Morgan fingerprint density at radius 3 is 3.00 bits per heavy atom. The van der Waals surface area contributed by atoms with Crippen LogP contribution in [0, 0.1) is 6.92 Å². The highest BCUT2D eigenvalue weighted by Crippen LogP contribution is 2.02. The number of anilines is 1. The van der Waals surface area contributed by atoms with Crippen LogP contribution < -0.4 is 11.4 Å². The average molecular weight is 201 g/mol. The van der Waals surface area contributed by atoms with E-state index in [0.29, 0.717) is 5.56 Å². The molecule has 78 valence electrons. The molecule has 0 radical (unpaired) electrons. The number of alkyl halides is 1. The molecule has 1 aromatic rings. The highest BCUT2D eigenvalue weighted by atomic mass is 19.1. The zero-order chi connectivity index (χ0) is 10.7. The fourth-order valence-corrected chi connectivity index (χ4v) is 1.02. The molecule has 1 unspecified atom stereocenters. The number of aryl methyl sites for hydroxylation is 1. The molecule has 0 aromatic carbocycles. The first kappa shape index (κ1) is 10.6. The SMILES string of the molecule is Cc1cn(CC(O)CF)c(=O)nc1N. The minimum absolute atomic E-state index is 0.108. The molecular formula is C8H12FN3O2. The predicted molar refractivity (Wildman–Crippen MR) is 49.6 cm³/mol. The van der Waals surface area contributed by atoms with E-state index in [4.69, 9.17) is 10.8 Å². The molecule has 0 saturated carbocycles. The summed E-state index contributed by atoms with van der Waals surface area (Å²) in [6.07, 6.45) is 0.265. The maximum absolute atomic E-state index is 12.0. The van der Waals surface area contributed by atoms with Gasteiger partial charge < -0.3 is 10.8 Å². The van der Waals surface area contributed by atoms with E-state index in [9.17, 15) is 9.18 Å². The van der Waals surface area contributed by atoms with E-state index in [1.54, 1.807) is 6.92 Å². The zero-order valence-corrected chi connectivity index (χ0v) is 7.77. The van der Waals surface area contributed by atoms with Gasteiger partial charge in [-0.15, -0.1) is 0 Å². The van der Waals surface area contributed by atoms with Gasteiger partial charge in [-0.1, -0.05) is 0 Å². The molecule has 1 rings (SSSR count). The largest absolute Gasteiger partial charge is 0.389 e. The first-order chi connectivity index (χ1) is 6.54. The molecule has 1 aromatic heterocycles. The third-order valence-corrected chi connectivity index (χ3v) is 1.80. The molecule has 0 spiro atoms. The number of halogens is 1. The van der Waals surface area contributed by atoms with E-state index in [1.807, 2.05) is 0 Å². The van der Waals surface area contributed by atoms with Gasteiger partial charge in [0.1, 0.15) is 18.6 Å². The Labute approximate surface area is 80.0 Å². The van der Waals surface area contributed by atoms with Gasteiger partial charge in [-0.25, -0.2) is 9.18 Å². The first-order valence-electron chi connectivity index (χ1n) is 4.12. The normalized spacial score (nSPS) is 12.8. The van der Waals surface area contributed by atoms with Crippen molar-refractivity contribution in [2.45, 2.75) is 19.6 Å². The van der Waals surface area contributed by atoms with Gasteiger partial charge in [0.15, 0.2) is 0 Å². The topological polar surface area (TPSA) is 81.1 Å². The molecule has 0 aliphatic rings. The van der Waals surface area contributed by atoms with Crippen molar-refractivity contribution in [3.8, 4) is 0 Å². The van der Waals surface area contributed by atoms with Crippen LogP contribution in [0.4, 0.5) is 10.2 Å². The summed E-state index contributed by atoms with van der Waals surface area (Å²) >= 11 is 0. The van der Waals surface area contributed by atoms with Crippen molar-refractivity contribution in [3.63, 3.8) is 0 Å². The van der Waals surface area contributed by atoms with Gasteiger partial charge in [-0.2, -0.15) is 4.98 Å². The molecule has 0 fully saturated rings. The Balaban J connectivity index is 2.98. The number of aliphatic hydroxyl groups is 1. The first-order valence-corrected chi connectivity index (χ1v) is 4.12. The number of nitrogens with zero attached hydrogens (tertiary/aromatic N) is 2. The maximum atomic E-state index is 12.0. The van der Waals surface area contributed by atoms with Crippen LogP contribution in [0.25, 0.3) is 0 Å². The van der Waals surface area contributed by atoms with E-state index in [-0.39, 0.29) is 12.4 Å². The van der Waals surface area contributed by atoms with Gasteiger partial charge in [0.2, 0.25) is 0 Å². The quantitative estimate of drug-likeness (QED) is 0.688. The molecule has 3 N–H and O–H groups in total. The summed E-state index contributed by atoms with van der Waals surface area (Å²) in [6, 6.07) is 0. The Kier molecular flexibility index (Phi) is 3.19. The highest BCUT2D eigenvalue weighted by Gasteiger charge is 2.07. The molecule has 14 heavy (non-hydrogen) atoms. The summed E-state index contributed by atoms with van der Waals surface area (Å²) in [6.45, 7) is 0.680. The summed E-state index contributed by atoms with van der Waals surface area (Å²) in [4.78, 5) is 14.7. The van der Waals surface area contributed by atoms with Crippen LogP contribution in [0.1, 0.15) is 5.56 Å². The lowest BCUT2D eigenvalue weighted by molar-refractivity contribution is 0.120. The van der Waals surface area contributed by atoms with Crippen LogP contribution in [0.3, 0.4) is 0 Å². The second-order valence-electron chi connectivity index (χ2n) is 3.05. The number of nitrogen functional groups attached to an aromatic ring is 1. The predicted octanol–water partition coefficient (Wildman–Crippen LogP) is -0.536. The third-order valence-electron chi connectivity index (χ3n) is 1.80. The molecule has 0 amide bonds. The molecule has 5 nitrogen and oxygen atoms in total. The van der Waals surface area contributed by atoms with Gasteiger partial charge in [0.25, 0.3) is 0 Å².